The summed E-state index contributed by atoms with van der Waals surface area (Å²) in [4.78, 5) is 16.9. The molecule has 1 aromatic carbocycles. The minimum Gasteiger partial charge on any atom is -0.268 e. The third-order valence-electron chi connectivity index (χ3n) is 2.73. The number of nitrogens with zero attached hydrogens (tertiary/aromatic N) is 4. The van der Waals surface area contributed by atoms with Gasteiger partial charge in [-0.05, 0) is 12.1 Å². The van der Waals surface area contributed by atoms with Crippen molar-refractivity contribution in [1.29, 1.82) is 5.26 Å². The number of aromatic nitrogens is 4. The van der Waals surface area contributed by atoms with Gasteiger partial charge in [-0.3, -0.25) is 14.5 Å². The van der Waals surface area contributed by atoms with Gasteiger partial charge in [0.05, 0.1) is 23.7 Å². The van der Waals surface area contributed by atoms with Gasteiger partial charge >= 0.3 is 0 Å². The third kappa shape index (κ3) is 2.06. The van der Waals surface area contributed by atoms with E-state index in [-0.39, 0.29) is 11.3 Å². The number of thioether (sulfide) groups is 1. The van der Waals surface area contributed by atoms with E-state index in [1.807, 2.05) is 36.4 Å². The zero-order chi connectivity index (χ0) is 13.9. The second kappa shape index (κ2) is 5.19. The summed E-state index contributed by atoms with van der Waals surface area (Å²) in [5.41, 5.74) is 0.951. The number of nitrogens with one attached hydrogen (secondary N) is 1. The SMILES string of the molecule is N#CCSc1nc2[nH]ncc2c(=O)n1-c1ccccc1. The van der Waals surface area contributed by atoms with Gasteiger partial charge in [-0.2, -0.15) is 10.4 Å². The molecule has 0 aliphatic carbocycles. The lowest BCUT2D eigenvalue weighted by Gasteiger charge is -2.10. The van der Waals surface area contributed by atoms with Crippen LogP contribution in [0.5, 0.6) is 0 Å². The fourth-order valence-electron chi connectivity index (χ4n) is 1.87. The molecular formula is C13H9N5OS. The standard InChI is InChI=1S/C13H9N5OS/c14-6-7-20-13-16-11-10(8-15-17-11)12(19)18(13)9-4-2-1-3-5-9/h1-5,8H,7H2,(H,15,17). The predicted molar refractivity (Wildman–Crippen MR) is 75.8 cm³/mol. The van der Waals surface area contributed by atoms with Gasteiger partial charge in [0.15, 0.2) is 10.8 Å². The molecule has 0 radical (unpaired) electrons. The van der Waals surface area contributed by atoms with Crippen LogP contribution in [0.1, 0.15) is 0 Å². The second-order valence-corrected chi connectivity index (χ2v) is 4.89. The third-order valence-corrected chi connectivity index (χ3v) is 3.54. The summed E-state index contributed by atoms with van der Waals surface area (Å²) >= 11 is 1.22. The Balaban J connectivity index is 2.29. The monoisotopic (exact) mass is 283 g/mol. The van der Waals surface area contributed by atoms with Crippen LogP contribution in [0.25, 0.3) is 16.7 Å². The van der Waals surface area contributed by atoms with E-state index in [0.717, 1.165) is 0 Å². The van der Waals surface area contributed by atoms with Gasteiger partial charge in [-0.1, -0.05) is 30.0 Å². The minimum absolute atomic E-state index is 0.199. The average Bonchev–Trinajstić information content (AvgIpc) is 2.95. The molecule has 6 nitrogen and oxygen atoms in total. The molecule has 0 bridgehead atoms. The molecule has 0 unspecified atom stereocenters. The summed E-state index contributed by atoms with van der Waals surface area (Å²) in [6.45, 7) is 0. The summed E-state index contributed by atoms with van der Waals surface area (Å²) < 4.78 is 1.50. The van der Waals surface area contributed by atoms with Crippen molar-refractivity contribution in [2.24, 2.45) is 0 Å². The summed E-state index contributed by atoms with van der Waals surface area (Å²) in [5.74, 6) is 0.221. The largest absolute Gasteiger partial charge is 0.269 e. The molecule has 0 fully saturated rings. The Bertz CT molecular complexity index is 847. The van der Waals surface area contributed by atoms with Gasteiger partial charge in [0.1, 0.15) is 5.39 Å². The van der Waals surface area contributed by atoms with Gasteiger partial charge in [-0.25, -0.2) is 4.98 Å². The molecule has 0 aliphatic heterocycles. The highest BCUT2D eigenvalue weighted by molar-refractivity contribution is 7.99. The van der Waals surface area contributed by atoms with E-state index in [0.29, 0.717) is 21.9 Å². The molecule has 0 saturated carbocycles. The molecule has 7 heteroatoms. The lowest BCUT2D eigenvalue weighted by Crippen LogP contribution is -2.21. The molecule has 0 spiro atoms. The van der Waals surface area contributed by atoms with Crippen molar-refractivity contribution in [3.8, 4) is 11.8 Å². The summed E-state index contributed by atoms with van der Waals surface area (Å²) in [5, 5.41) is 16.2. The van der Waals surface area contributed by atoms with Gasteiger partial charge < -0.3 is 0 Å². The first-order chi connectivity index (χ1) is 9.81. The lowest BCUT2D eigenvalue weighted by atomic mass is 10.3. The molecule has 0 atom stereocenters. The normalized spacial score (nSPS) is 10.6. The van der Waals surface area contributed by atoms with Crippen LogP contribution in [-0.2, 0) is 0 Å². The van der Waals surface area contributed by atoms with E-state index < -0.39 is 0 Å². The zero-order valence-electron chi connectivity index (χ0n) is 10.3. The molecule has 98 valence electrons. The smallest absolute Gasteiger partial charge is 0.268 e. The Kier molecular flexibility index (Phi) is 3.23. The number of para-hydroxylation sites is 1. The number of aromatic amines is 1. The zero-order valence-corrected chi connectivity index (χ0v) is 11.1. The van der Waals surface area contributed by atoms with Crippen LogP contribution in [0.3, 0.4) is 0 Å². The van der Waals surface area contributed by atoms with Crippen molar-refractivity contribution in [2.75, 3.05) is 5.75 Å². The molecule has 0 amide bonds. The highest BCUT2D eigenvalue weighted by Gasteiger charge is 2.14. The van der Waals surface area contributed by atoms with Crippen LogP contribution in [-0.4, -0.2) is 25.5 Å². The molecule has 2 aromatic heterocycles. The van der Waals surface area contributed by atoms with Gasteiger partial charge in [0.25, 0.3) is 5.56 Å². The first kappa shape index (κ1) is 12.4. The molecular weight excluding hydrogens is 274 g/mol. The Labute approximate surface area is 118 Å². The van der Waals surface area contributed by atoms with Crippen LogP contribution < -0.4 is 5.56 Å². The van der Waals surface area contributed by atoms with Crippen molar-refractivity contribution >= 4 is 22.8 Å². The highest BCUT2D eigenvalue weighted by atomic mass is 32.2. The highest BCUT2D eigenvalue weighted by Crippen LogP contribution is 2.19. The van der Waals surface area contributed by atoms with Crippen molar-refractivity contribution in [1.82, 2.24) is 19.7 Å². The van der Waals surface area contributed by atoms with Crippen molar-refractivity contribution in [3.05, 3.63) is 46.9 Å². The lowest BCUT2D eigenvalue weighted by molar-refractivity contribution is 0.817. The van der Waals surface area contributed by atoms with E-state index in [4.69, 9.17) is 5.26 Å². The number of hydrogen-bond acceptors (Lipinski definition) is 5. The van der Waals surface area contributed by atoms with E-state index in [1.54, 1.807) is 0 Å². The first-order valence-electron chi connectivity index (χ1n) is 5.82. The first-order valence-corrected chi connectivity index (χ1v) is 6.81. The van der Waals surface area contributed by atoms with Gasteiger partial charge in [0.2, 0.25) is 0 Å². The topological polar surface area (TPSA) is 87.4 Å². The molecule has 3 aromatic rings. The maximum Gasteiger partial charge on any atom is 0.269 e. The summed E-state index contributed by atoms with van der Waals surface area (Å²) in [7, 11) is 0. The molecule has 0 aliphatic rings. The Morgan fingerprint density at radius 2 is 2.15 bits per heavy atom. The second-order valence-electron chi connectivity index (χ2n) is 3.95. The molecule has 3 rings (SSSR count). The molecule has 1 N–H and O–H groups in total. The number of rotatable bonds is 3. The predicted octanol–water partition coefficient (Wildman–Crippen LogP) is 1.72. The van der Waals surface area contributed by atoms with Crippen LogP contribution in [0.15, 0.2) is 46.5 Å². The van der Waals surface area contributed by atoms with Crippen LogP contribution in [0.4, 0.5) is 0 Å². The summed E-state index contributed by atoms with van der Waals surface area (Å²) in [6, 6.07) is 11.3. The van der Waals surface area contributed by atoms with Crippen molar-refractivity contribution in [3.63, 3.8) is 0 Å². The van der Waals surface area contributed by atoms with E-state index in [2.05, 4.69) is 15.2 Å². The maximum atomic E-state index is 12.5. The van der Waals surface area contributed by atoms with E-state index in [1.165, 1.54) is 22.5 Å². The average molecular weight is 283 g/mol. The number of H-pyrrole nitrogens is 1. The van der Waals surface area contributed by atoms with Gasteiger partial charge in [-0.15, -0.1) is 0 Å². The Morgan fingerprint density at radius 1 is 1.35 bits per heavy atom. The number of hydrogen-bond donors (Lipinski definition) is 1. The fraction of sp³-hybridized carbons (Fsp3) is 0.0769. The number of benzene rings is 1. The van der Waals surface area contributed by atoms with Crippen molar-refractivity contribution < 1.29 is 0 Å². The number of nitriles is 1. The Hall–Kier alpha value is -2.59. The van der Waals surface area contributed by atoms with Crippen LogP contribution in [0.2, 0.25) is 0 Å². The minimum atomic E-state index is -0.199. The molecule has 2 heterocycles. The van der Waals surface area contributed by atoms with Crippen LogP contribution >= 0.6 is 11.8 Å². The number of fused-ring (bicyclic) bond motifs is 1. The Morgan fingerprint density at radius 3 is 2.90 bits per heavy atom. The molecule has 0 saturated heterocycles. The van der Waals surface area contributed by atoms with E-state index >= 15 is 0 Å². The maximum absolute atomic E-state index is 12.5. The fourth-order valence-corrected chi connectivity index (χ4v) is 2.54. The van der Waals surface area contributed by atoms with Crippen LogP contribution in [0, 0.1) is 11.3 Å². The summed E-state index contributed by atoms with van der Waals surface area (Å²) in [6.07, 6.45) is 1.46. The molecule has 20 heavy (non-hydrogen) atoms. The van der Waals surface area contributed by atoms with Crippen molar-refractivity contribution in [2.45, 2.75) is 5.16 Å². The quantitative estimate of drug-likeness (QED) is 0.584. The van der Waals surface area contributed by atoms with E-state index in [9.17, 15) is 4.79 Å². The van der Waals surface area contributed by atoms with Gasteiger partial charge in [0, 0.05) is 0 Å².